The fraction of sp³-hybridized carbons (Fsp3) is 0.375. The molecule has 2 heterocycles. The Morgan fingerprint density at radius 3 is 2.95 bits per heavy atom. The van der Waals surface area contributed by atoms with Gasteiger partial charge in [0.2, 0.25) is 0 Å². The van der Waals surface area contributed by atoms with Crippen molar-refractivity contribution in [2.24, 2.45) is 0 Å². The molecule has 0 radical (unpaired) electrons. The van der Waals surface area contributed by atoms with Crippen LogP contribution in [0.5, 0.6) is 0 Å². The molecule has 5 heteroatoms. The number of aryl methyl sites for hydroxylation is 1. The lowest BCUT2D eigenvalue weighted by Crippen LogP contribution is -2.39. The van der Waals surface area contributed by atoms with E-state index in [0.717, 1.165) is 30.9 Å². The Kier molecular flexibility index (Phi) is 3.97. The molecule has 1 saturated heterocycles. The van der Waals surface area contributed by atoms with Crippen molar-refractivity contribution in [2.45, 2.75) is 25.7 Å². The number of piperidine rings is 1. The maximum absolute atomic E-state index is 12.6. The van der Waals surface area contributed by atoms with Crippen LogP contribution in [0, 0.1) is 6.92 Å². The van der Waals surface area contributed by atoms with E-state index in [1.165, 1.54) is 0 Å². The average molecular weight is 304 g/mol. The number of H-pyrrole nitrogens is 1. The lowest BCUT2D eigenvalue weighted by atomic mass is 9.96. The van der Waals surface area contributed by atoms with Gasteiger partial charge in [0, 0.05) is 30.9 Å². The van der Waals surface area contributed by atoms with Gasteiger partial charge in [-0.25, -0.2) is 4.98 Å². The smallest absolute Gasteiger partial charge is 0.255 e. The molecule has 1 atom stereocenters. The molecule has 3 rings (SSSR count). The Morgan fingerprint density at radius 2 is 2.24 bits per heavy atom. The molecule has 1 fully saturated rings. The number of nitrogens with one attached hydrogen (secondary N) is 1. The number of aromatic nitrogens is 2. The number of carbonyl (C=O) groups excluding carboxylic acids is 1. The van der Waals surface area contributed by atoms with E-state index in [2.05, 4.69) is 9.97 Å². The maximum atomic E-state index is 12.6. The molecule has 0 spiro atoms. The lowest BCUT2D eigenvalue weighted by Gasteiger charge is -2.32. The van der Waals surface area contributed by atoms with E-state index in [0.29, 0.717) is 17.1 Å². The van der Waals surface area contributed by atoms with Gasteiger partial charge in [0.05, 0.1) is 10.6 Å². The van der Waals surface area contributed by atoms with Crippen LogP contribution in [-0.2, 0) is 0 Å². The molecule has 1 amide bonds. The van der Waals surface area contributed by atoms with Crippen molar-refractivity contribution in [1.82, 2.24) is 14.9 Å². The van der Waals surface area contributed by atoms with Gasteiger partial charge in [-0.05, 0) is 31.9 Å². The summed E-state index contributed by atoms with van der Waals surface area (Å²) in [5.74, 6) is 1.26. The maximum Gasteiger partial charge on any atom is 0.255 e. The van der Waals surface area contributed by atoms with Gasteiger partial charge in [0.1, 0.15) is 5.82 Å². The van der Waals surface area contributed by atoms with E-state index >= 15 is 0 Å². The van der Waals surface area contributed by atoms with Crippen molar-refractivity contribution in [3.05, 3.63) is 52.6 Å². The van der Waals surface area contributed by atoms with Crippen molar-refractivity contribution in [3.8, 4) is 0 Å². The first-order valence-corrected chi connectivity index (χ1v) is 7.58. The van der Waals surface area contributed by atoms with Crippen LogP contribution in [0.3, 0.4) is 0 Å². The summed E-state index contributed by atoms with van der Waals surface area (Å²) >= 11 is 6.13. The topological polar surface area (TPSA) is 49.0 Å². The van der Waals surface area contributed by atoms with E-state index in [1.807, 2.05) is 30.2 Å². The Labute approximate surface area is 129 Å². The predicted octanol–water partition coefficient (Wildman–Crippen LogP) is 3.39. The molecular formula is C16H18ClN3O. The van der Waals surface area contributed by atoms with Crippen LogP contribution in [0.2, 0.25) is 5.02 Å². The Hall–Kier alpha value is -1.81. The standard InChI is InChI=1S/C16H18ClN3O/c1-11-9-18-15(19-11)12-5-4-8-20(10-12)16(21)13-6-2-3-7-14(13)17/h2-3,6-7,9,12H,4-5,8,10H2,1H3,(H,18,19)/t12-/m0/s1. The Morgan fingerprint density at radius 1 is 1.43 bits per heavy atom. The summed E-state index contributed by atoms with van der Waals surface area (Å²) in [7, 11) is 0. The number of hydrogen-bond donors (Lipinski definition) is 1. The number of likely N-dealkylation sites (tertiary alicyclic amines) is 1. The van der Waals surface area contributed by atoms with Crippen molar-refractivity contribution in [2.75, 3.05) is 13.1 Å². The minimum absolute atomic E-state index is 0.00794. The highest BCUT2D eigenvalue weighted by Crippen LogP contribution is 2.27. The third-order valence-corrected chi connectivity index (χ3v) is 4.25. The van der Waals surface area contributed by atoms with Gasteiger partial charge in [-0.2, -0.15) is 0 Å². The zero-order valence-corrected chi connectivity index (χ0v) is 12.7. The molecular weight excluding hydrogens is 286 g/mol. The van der Waals surface area contributed by atoms with Gasteiger partial charge in [-0.3, -0.25) is 4.79 Å². The van der Waals surface area contributed by atoms with Crippen LogP contribution in [-0.4, -0.2) is 33.9 Å². The molecule has 1 aliphatic rings. The van der Waals surface area contributed by atoms with Gasteiger partial charge in [-0.1, -0.05) is 23.7 Å². The first-order valence-electron chi connectivity index (χ1n) is 7.20. The van der Waals surface area contributed by atoms with Gasteiger partial charge in [-0.15, -0.1) is 0 Å². The van der Waals surface area contributed by atoms with E-state index in [4.69, 9.17) is 11.6 Å². The molecule has 1 aromatic carbocycles. The van der Waals surface area contributed by atoms with Crippen LogP contribution in [0.4, 0.5) is 0 Å². The van der Waals surface area contributed by atoms with Crippen molar-refractivity contribution < 1.29 is 4.79 Å². The monoisotopic (exact) mass is 303 g/mol. The summed E-state index contributed by atoms with van der Waals surface area (Å²) in [5, 5.41) is 0.512. The number of aromatic amines is 1. The number of halogens is 1. The third kappa shape index (κ3) is 2.95. The van der Waals surface area contributed by atoms with Crippen molar-refractivity contribution in [3.63, 3.8) is 0 Å². The van der Waals surface area contributed by atoms with Crippen LogP contribution in [0.25, 0.3) is 0 Å². The SMILES string of the molecule is Cc1cnc([C@H]2CCCN(C(=O)c3ccccc3Cl)C2)[nH]1. The number of hydrogen-bond acceptors (Lipinski definition) is 2. The normalized spacial score (nSPS) is 18.8. The molecule has 0 aliphatic carbocycles. The number of carbonyl (C=O) groups is 1. The molecule has 1 N–H and O–H groups in total. The number of benzene rings is 1. The van der Waals surface area contributed by atoms with Gasteiger partial charge < -0.3 is 9.88 Å². The summed E-state index contributed by atoms with van der Waals surface area (Å²) in [6.07, 6.45) is 3.88. The fourth-order valence-electron chi connectivity index (χ4n) is 2.83. The largest absolute Gasteiger partial charge is 0.346 e. The molecule has 4 nitrogen and oxygen atoms in total. The zero-order chi connectivity index (χ0) is 14.8. The second-order valence-electron chi connectivity index (χ2n) is 5.52. The van der Waals surface area contributed by atoms with Crippen molar-refractivity contribution in [1.29, 1.82) is 0 Å². The summed E-state index contributed by atoms with van der Waals surface area (Å²) in [4.78, 5) is 22.2. The highest BCUT2D eigenvalue weighted by atomic mass is 35.5. The summed E-state index contributed by atoms with van der Waals surface area (Å²) in [6.45, 7) is 3.46. The Bertz CT molecular complexity index is 652. The number of amides is 1. The quantitative estimate of drug-likeness (QED) is 0.924. The van der Waals surface area contributed by atoms with Crippen LogP contribution < -0.4 is 0 Å². The van der Waals surface area contributed by atoms with Crippen LogP contribution >= 0.6 is 11.6 Å². The van der Waals surface area contributed by atoms with E-state index in [-0.39, 0.29) is 11.8 Å². The molecule has 0 unspecified atom stereocenters. The number of nitrogens with zero attached hydrogens (tertiary/aromatic N) is 2. The van der Waals surface area contributed by atoms with E-state index in [9.17, 15) is 4.79 Å². The fourth-order valence-corrected chi connectivity index (χ4v) is 3.05. The van der Waals surface area contributed by atoms with E-state index < -0.39 is 0 Å². The minimum atomic E-state index is 0.00794. The minimum Gasteiger partial charge on any atom is -0.346 e. The summed E-state index contributed by atoms with van der Waals surface area (Å²) < 4.78 is 0. The first-order chi connectivity index (χ1) is 10.1. The average Bonchev–Trinajstić information content (AvgIpc) is 2.94. The first kappa shape index (κ1) is 14.1. The predicted molar refractivity (Wildman–Crippen MR) is 82.7 cm³/mol. The number of rotatable bonds is 2. The molecule has 21 heavy (non-hydrogen) atoms. The number of imidazole rings is 1. The van der Waals surface area contributed by atoms with Crippen LogP contribution in [0.1, 0.15) is 40.6 Å². The summed E-state index contributed by atoms with van der Waals surface area (Å²) in [6, 6.07) is 7.22. The third-order valence-electron chi connectivity index (χ3n) is 3.92. The molecule has 0 saturated carbocycles. The molecule has 1 aromatic heterocycles. The van der Waals surface area contributed by atoms with Gasteiger partial charge >= 0.3 is 0 Å². The van der Waals surface area contributed by atoms with Gasteiger partial charge in [0.15, 0.2) is 0 Å². The summed E-state index contributed by atoms with van der Waals surface area (Å²) in [5.41, 5.74) is 1.63. The highest BCUT2D eigenvalue weighted by Gasteiger charge is 2.27. The molecule has 1 aliphatic heterocycles. The lowest BCUT2D eigenvalue weighted by molar-refractivity contribution is 0.0705. The zero-order valence-electron chi connectivity index (χ0n) is 12.0. The Balaban J connectivity index is 1.77. The van der Waals surface area contributed by atoms with E-state index in [1.54, 1.807) is 12.1 Å². The molecule has 110 valence electrons. The second-order valence-corrected chi connectivity index (χ2v) is 5.93. The highest BCUT2D eigenvalue weighted by molar-refractivity contribution is 6.33. The van der Waals surface area contributed by atoms with Crippen LogP contribution in [0.15, 0.2) is 30.5 Å². The van der Waals surface area contributed by atoms with Gasteiger partial charge in [0.25, 0.3) is 5.91 Å². The molecule has 0 bridgehead atoms. The molecule has 2 aromatic rings. The second kappa shape index (κ2) is 5.90. The van der Waals surface area contributed by atoms with Crippen molar-refractivity contribution >= 4 is 17.5 Å².